The van der Waals surface area contributed by atoms with Crippen LogP contribution in [-0.4, -0.2) is 6.54 Å². The fourth-order valence-electron chi connectivity index (χ4n) is 3.31. The molecule has 0 heterocycles. The zero-order valence-corrected chi connectivity index (χ0v) is 14.4. The molecule has 0 radical (unpaired) electrons. The number of aryl methyl sites for hydroxylation is 1. The van der Waals surface area contributed by atoms with Gasteiger partial charge in [0.05, 0.1) is 0 Å². The van der Waals surface area contributed by atoms with E-state index in [1.165, 1.54) is 27.8 Å². The molecule has 0 saturated heterocycles. The van der Waals surface area contributed by atoms with Crippen molar-refractivity contribution >= 4 is 0 Å². The van der Waals surface area contributed by atoms with Crippen molar-refractivity contribution in [2.24, 2.45) is 11.7 Å². The quantitative estimate of drug-likeness (QED) is 0.793. The summed E-state index contributed by atoms with van der Waals surface area (Å²) in [6.07, 6.45) is 11.3. The molecule has 2 rings (SSSR count). The first-order valence-electron chi connectivity index (χ1n) is 8.43. The summed E-state index contributed by atoms with van der Waals surface area (Å²) in [5.74, 6) is 0.844. The molecule has 1 aromatic rings. The number of hydrogen-bond donors (Lipinski definition) is 1. The first-order valence-corrected chi connectivity index (χ1v) is 8.43. The van der Waals surface area contributed by atoms with Crippen LogP contribution in [0, 0.1) is 19.8 Å². The monoisotopic (exact) mass is 295 g/mol. The summed E-state index contributed by atoms with van der Waals surface area (Å²) in [7, 11) is 0. The summed E-state index contributed by atoms with van der Waals surface area (Å²) in [6, 6.07) is 6.67. The molecule has 1 aliphatic carbocycles. The van der Waals surface area contributed by atoms with Crippen LogP contribution in [0.2, 0.25) is 0 Å². The van der Waals surface area contributed by atoms with Crippen LogP contribution >= 0.6 is 0 Å². The molecule has 1 heteroatoms. The second kappa shape index (κ2) is 7.60. The molecule has 0 bridgehead atoms. The lowest BCUT2D eigenvalue weighted by atomic mass is 9.80. The van der Waals surface area contributed by atoms with E-state index in [1.54, 1.807) is 0 Å². The Bertz CT molecular complexity index is 604. The van der Waals surface area contributed by atoms with Gasteiger partial charge in [-0.1, -0.05) is 56.4 Å². The van der Waals surface area contributed by atoms with Gasteiger partial charge in [0.1, 0.15) is 0 Å². The largest absolute Gasteiger partial charge is 0.330 e. The molecule has 1 nitrogen and oxygen atoms in total. The van der Waals surface area contributed by atoms with Gasteiger partial charge in [-0.3, -0.25) is 0 Å². The minimum Gasteiger partial charge on any atom is -0.330 e. The van der Waals surface area contributed by atoms with Gasteiger partial charge in [-0.15, -0.1) is 0 Å². The summed E-state index contributed by atoms with van der Waals surface area (Å²) >= 11 is 0. The van der Waals surface area contributed by atoms with Crippen LogP contribution < -0.4 is 5.73 Å². The van der Waals surface area contributed by atoms with Crippen LogP contribution in [-0.2, 0) is 0 Å². The average Bonchev–Trinajstić information content (AvgIpc) is 2.77. The van der Waals surface area contributed by atoms with Crippen molar-refractivity contribution in [2.75, 3.05) is 6.54 Å². The Morgan fingerprint density at radius 1 is 1.09 bits per heavy atom. The van der Waals surface area contributed by atoms with Crippen LogP contribution in [0.5, 0.6) is 0 Å². The number of hydrogen-bond acceptors (Lipinski definition) is 1. The smallest absolute Gasteiger partial charge is 0.00921 e. The Labute approximate surface area is 135 Å². The Kier molecular flexibility index (Phi) is 5.79. The predicted molar refractivity (Wildman–Crippen MR) is 97.1 cm³/mol. The van der Waals surface area contributed by atoms with E-state index in [4.69, 9.17) is 5.73 Å². The number of allylic oxidation sites excluding steroid dienone is 5. The first-order chi connectivity index (χ1) is 10.6. The molecule has 0 fully saturated rings. The van der Waals surface area contributed by atoms with Gasteiger partial charge in [0.15, 0.2) is 0 Å². The van der Waals surface area contributed by atoms with Crippen molar-refractivity contribution in [1.82, 2.24) is 0 Å². The Hall–Kier alpha value is -1.60. The maximum Gasteiger partial charge on any atom is 0.00921 e. The van der Waals surface area contributed by atoms with Crippen LogP contribution in [0.4, 0.5) is 0 Å². The zero-order valence-electron chi connectivity index (χ0n) is 14.4. The van der Waals surface area contributed by atoms with Gasteiger partial charge in [0.25, 0.3) is 0 Å². The highest BCUT2D eigenvalue weighted by atomic mass is 14.5. The number of rotatable bonds is 5. The second-order valence-corrected chi connectivity index (χ2v) is 6.34. The summed E-state index contributed by atoms with van der Waals surface area (Å²) in [6.45, 7) is 9.66. The Morgan fingerprint density at radius 2 is 1.77 bits per heavy atom. The van der Waals surface area contributed by atoms with E-state index in [0.29, 0.717) is 18.4 Å². The van der Waals surface area contributed by atoms with Gasteiger partial charge in [0, 0.05) is 5.92 Å². The van der Waals surface area contributed by atoms with Gasteiger partial charge in [0.2, 0.25) is 0 Å². The van der Waals surface area contributed by atoms with E-state index in [-0.39, 0.29) is 0 Å². The highest BCUT2D eigenvalue weighted by Gasteiger charge is 2.21. The average molecular weight is 295 g/mol. The fraction of sp³-hybridized carbons (Fsp3) is 0.429. The lowest BCUT2D eigenvalue weighted by molar-refractivity contribution is 0.678. The molecular weight excluding hydrogens is 266 g/mol. The van der Waals surface area contributed by atoms with Crippen LogP contribution in [0.25, 0.3) is 0 Å². The Balaban J connectivity index is 2.58. The minimum atomic E-state index is 0.396. The standard InChI is InChI=1S/C21H29N/c1-5-18(20-13-9-10-15(2)17(20)4)21-12-8-6-7-11-19(21)16(3)14-22/h7-13,16,18H,5-6,14,22H2,1-4H3. The van der Waals surface area contributed by atoms with E-state index in [1.807, 2.05) is 0 Å². The fourth-order valence-corrected chi connectivity index (χ4v) is 3.31. The lowest BCUT2D eigenvalue weighted by Crippen LogP contribution is -2.16. The molecule has 0 amide bonds. The molecule has 2 N–H and O–H groups in total. The number of benzene rings is 1. The summed E-state index contributed by atoms with van der Waals surface area (Å²) in [4.78, 5) is 0. The molecule has 1 aromatic carbocycles. The normalized spacial score (nSPS) is 17.5. The molecule has 1 aliphatic rings. The van der Waals surface area contributed by atoms with Crippen LogP contribution in [0.1, 0.15) is 49.3 Å². The topological polar surface area (TPSA) is 26.0 Å². The van der Waals surface area contributed by atoms with Crippen LogP contribution in [0.15, 0.2) is 53.6 Å². The van der Waals surface area contributed by atoms with E-state index in [9.17, 15) is 0 Å². The molecule has 118 valence electrons. The van der Waals surface area contributed by atoms with Crippen molar-refractivity contribution in [2.45, 2.75) is 46.5 Å². The molecular formula is C21H29N. The first kappa shape index (κ1) is 16.8. The van der Waals surface area contributed by atoms with E-state index >= 15 is 0 Å². The van der Waals surface area contributed by atoms with Gasteiger partial charge >= 0.3 is 0 Å². The molecule has 0 spiro atoms. The van der Waals surface area contributed by atoms with Gasteiger partial charge in [-0.05, 0) is 67.0 Å². The molecule has 0 saturated carbocycles. The van der Waals surface area contributed by atoms with Crippen molar-refractivity contribution in [3.63, 3.8) is 0 Å². The van der Waals surface area contributed by atoms with Gasteiger partial charge in [-0.2, -0.15) is 0 Å². The second-order valence-electron chi connectivity index (χ2n) is 6.34. The molecule has 0 aliphatic heterocycles. The highest BCUT2D eigenvalue weighted by molar-refractivity contribution is 5.47. The SMILES string of the molecule is CCC(C1=C(C(C)CN)C=CCC=C1)c1cccc(C)c1C. The summed E-state index contributed by atoms with van der Waals surface area (Å²) in [5, 5.41) is 0. The van der Waals surface area contributed by atoms with Crippen LogP contribution in [0.3, 0.4) is 0 Å². The summed E-state index contributed by atoms with van der Waals surface area (Å²) in [5.41, 5.74) is 13.1. The third-order valence-corrected chi connectivity index (χ3v) is 4.89. The van der Waals surface area contributed by atoms with E-state index in [2.05, 4.69) is 70.2 Å². The zero-order chi connectivity index (χ0) is 16.1. The van der Waals surface area contributed by atoms with E-state index in [0.717, 1.165) is 12.8 Å². The predicted octanol–water partition coefficient (Wildman–Crippen LogP) is 5.20. The summed E-state index contributed by atoms with van der Waals surface area (Å²) < 4.78 is 0. The van der Waals surface area contributed by atoms with Crippen molar-refractivity contribution in [1.29, 1.82) is 0 Å². The van der Waals surface area contributed by atoms with Crippen molar-refractivity contribution in [3.05, 3.63) is 70.3 Å². The maximum absolute atomic E-state index is 5.96. The Morgan fingerprint density at radius 3 is 2.41 bits per heavy atom. The highest BCUT2D eigenvalue weighted by Crippen LogP contribution is 2.36. The minimum absolute atomic E-state index is 0.396. The third-order valence-electron chi connectivity index (χ3n) is 4.89. The number of nitrogens with two attached hydrogens (primary N) is 1. The molecule has 0 aromatic heterocycles. The third kappa shape index (κ3) is 3.41. The molecule has 22 heavy (non-hydrogen) atoms. The van der Waals surface area contributed by atoms with Gasteiger partial charge in [-0.25, -0.2) is 0 Å². The lowest BCUT2D eigenvalue weighted by Gasteiger charge is -2.25. The maximum atomic E-state index is 5.96. The van der Waals surface area contributed by atoms with Gasteiger partial charge < -0.3 is 5.73 Å². The van der Waals surface area contributed by atoms with Crippen molar-refractivity contribution < 1.29 is 0 Å². The molecule has 2 atom stereocenters. The molecule has 2 unspecified atom stereocenters. The van der Waals surface area contributed by atoms with Crippen molar-refractivity contribution in [3.8, 4) is 0 Å². The van der Waals surface area contributed by atoms with E-state index < -0.39 is 0 Å².